The predicted molar refractivity (Wildman–Crippen MR) is 111 cm³/mol. The highest BCUT2D eigenvalue weighted by Gasteiger charge is 2.17. The first-order valence-electron chi connectivity index (χ1n) is 9.36. The van der Waals surface area contributed by atoms with E-state index >= 15 is 0 Å². The van der Waals surface area contributed by atoms with E-state index in [4.69, 9.17) is 0 Å². The molecule has 1 fully saturated rings. The number of hydrogen-bond donors (Lipinski definition) is 1. The molecule has 2 aromatic carbocycles. The van der Waals surface area contributed by atoms with Gasteiger partial charge in [0.25, 0.3) is 0 Å². The van der Waals surface area contributed by atoms with Crippen LogP contribution in [0.3, 0.4) is 0 Å². The Balaban J connectivity index is 1.37. The lowest BCUT2D eigenvalue weighted by atomic mass is 10.2. The van der Waals surface area contributed by atoms with Crippen LogP contribution in [0.2, 0.25) is 0 Å². The van der Waals surface area contributed by atoms with E-state index in [0.29, 0.717) is 11.7 Å². The van der Waals surface area contributed by atoms with Gasteiger partial charge in [0.1, 0.15) is 0 Å². The molecule has 0 saturated carbocycles. The third-order valence-electron chi connectivity index (χ3n) is 4.63. The summed E-state index contributed by atoms with van der Waals surface area (Å²) in [6.45, 7) is 2.65. The van der Waals surface area contributed by atoms with Crippen molar-refractivity contribution in [1.82, 2.24) is 20.2 Å². The van der Waals surface area contributed by atoms with Crippen molar-refractivity contribution in [1.29, 1.82) is 0 Å². The first-order valence-corrected chi connectivity index (χ1v) is 10.3. The maximum Gasteiger partial charge on any atom is 0.234 e. The molecule has 4 rings (SSSR count). The van der Waals surface area contributed by atoms with Crippen molar-refractivity contribution in [2.45, 2.75) is 24.5 Å². The van der Waals surface area contributed by atoms with Crippen LogP contribution in [0.5, 0.6) is 0 Å². The second-order valence-corrected chi connectivity index (χ2v) is 7.60. The van der Waals surface area contributed by atoms with Crippen LogP contribution in [-0.4, -0.2) is 45.0 Å². The van der Waals surface area contributed by atoms with Gasteiger partial charge in [-0.15, -0.1) is 5.10 Å². The van der Waals surface area contributed by atoms with E-state index in [1.807, 2.05) is 48.5 Å². The number of thioether (sulfide) groups is 1. The fraction of sp³-hybridized carbons (Fsp3) is 0.300. The van der Waals surface area contributed by atoms with E-state index in [2.05, 4.69) is 31.8 Å². The molecule has 1 aliphatic heterocycles. The lowest BCUT2D eigenvalue weighted by Crippen LogP contribution is -2.21. The van der Waals surface area contributed by atoms with E-state index in [-0.39, 0.29) is 11.7 Å². The minimum absolute atomic E-state index is 0.0640. The van der Waals surface area contributed by atoms with E-state index in [9.17, 15) is 4.79 Å². The molecule has 2 heterocycles. The number of carbonyl (C=O) groups is 1. The van der Waals surface area contributed by atoms with Gasteiger partial charge in [-0.2, -0.15) is 0 Å². The molecule has 0 unspecified atom stereocenters. The number of amides is 1. The maximum atomic E-state index is 12.5. The molecule has 1 saturated heterocycles. The molecule has 1 aromatic heterocycles. The van der Waals surface area contributed by atoms with Crippen molar-refractivity contribution in [3.63, 3.8) is 0 Å². The Bertz CT molecular complexity index is 923. The molecule has 1 aliphatic rings. The van der Waals surface area contributed by atoms with Crippen LogP contribution in [0.1, 0.15) is 18.4 Å². The summed E-state index contributed by atoms with van der Waals surface area (Å²) in [5.41, 5.74) is 3.06. The molecular formula is C20H22N6OS. The number of nitrogens with zero attached hydrogens (tertiary/aromatic N) is 5. The summed E-state index contributed by atoms with van der Waals surface area (Å²) < 4.78 is 1.71. The normalized spacial score (nSPS) is 13.6. The molecule has 0 atom stereocenters. The SMILES string of the molecule is O=C(CSc1nnnn1Cc1ccccc1)Nc1ccccc1N1CCCC1. The van der Waals surface area contributed by atoms with Gasteiger partial charge in [-0.1, -0.05) is 54.2 Å². The van der Waals surface area contributed by atoms with Crippen LogP contribution >= 0.6 is 11.8 Å². The zero-order chi connectivity index (χ0) is 19.2. The fourth-order valence-corrected chi connectivity index (χ4v) is 3.96. The summed E-state index contributed by atoms with van der Waals surface area (Å²) in [7, 11) is 0. The largest absolute Gasteiger partial charge is 0.370 e. The van der Waals surface area contributed by atoms with Crippen molar-refractivity contribution in [3.05, 3.63) is 60.2 Å². The smallest absolute Gasteiger partial charge is 0.234 e. The molecule has 0 aliphatic carbocycles. The molecule has 28 heavy (non-hydrogen) atoms. The van der Waals surface area contributed by atoms with Gasteiger partial charge < -0.3 is 10.2 Å². The van der Waals surface area contributed by atoms with Gasteiger partial charge in [-0.05, 0) is 41.0 Å². The molecule has 144 valence electrons. The molecule has 1 amide bonds. The summed E-state index contributed by atoms with van der Waals surface area (Å²) in [5, 5.41) is 15.5. The number of hydrogen-bond acceptors (Lipinski definition) is 6. The van der Waals surface area contributed by atoms with Crippen LogP contribution < -0.4 is 10.2 Å². The Hall–Kier alpha value is -2.87. The van der Waals surface area contributed by atoms with Crippen molar-refractivity contribution in [3.8, 4) is 0 Å². The Morgan fingerprint density at radius 1 is 1.04 bits per heavy atom. The van der Waals surface area contributed by atoms with Gasteiger partial charge in [0.05, 0.1) is 23.7 Å². The first kappa shape index (κ1) is 18.5. The van der Waals surface area contributed by atoms with Gasteiger partial charge in [-0.25, -0.2) is 4.68 Å². The van der Waals surface area contributed by atoms with Crippen LogP contribution in [0, 0.1) is 0 Å². The van der Waals surface area contributed by atoms with Crippen LogP contribution in [-0.2, 0) is 11.3 Å². The highest BCUT2D eigenvalue weighted by molar-refractivity contribution is 7.99. The Morgan fingerprint density at radius 2 is 1.79 bits per heavy atom. The quantitative estimate of drug-likeness (QED) is 0.621. The zero-order valence-corrected chi connectivity index (χ0v) is 16.3. The number of aromatic nitrogens is 4. The summed E-state index contributed by atoms with van der Waals surface area (Å²) >= 11 is 1.34. The van der Waals surface area contributed by atoms with Crippen LogP contribution in [0.4, 0.5) is 11.4 Å². The second kappa shape index (κ2) is 8.88. The third-order valence-corrected chi connectivity index (χ3v) is 5.59. The van der Waals surface area contributed by atoms with E-state index in [1.54, 1.807) is 4.68 Å². The minimum Gasteiger partial charge on any atom is -0.370 e. The van der Waals surface area contributed by atoms with Crippen LogP contribution in [0.15, 0.2) is 59.8 Å². The molecule has 0 radical (unpaired) electrons. The fourth-order valence-electron chi connectivity index (χ4n) is 3.28. The van der Waals surface area contributed by atoms with Crippen LogP contribution in [0.25, 0.3) is 0 Å². The Morgan fingerprint density at radius 3 is 2.61 bits per heavy atom. The molecule has 7 nitrogen and oxygen atoms in total. The Labute approximate surface area is 168 Å². The van der Waals surface area contributed by atoms with Crippen molar-refractivity contribution < 1.29 is 4.79 Å². The molecule has 0 bridgehead atoms. The molecule has 8 heteroatoms. The highest BCUT2D eigenvalue weighted by Crippen LogP contribution is 2.29. The van der Waals surface area contributed by atoms with Gasteiger partial charge in [0.15, 0.2) is 0 Å². The van der Waals surface area contributed by atoms with Gasteiger partial charge >= 0.3 is 0 Å². The topological polar surface area (TPSA) is 75.9 Å². The third kappa shape index (κ3) is 4.51. The predicted octanol–water partition coefficient (Wildman–Crippen LogP) is 3.05. The molecule has 1 N–H and O–H groups in total. The minimum atomic E-state index is -0.0640. The zero-order valence-electron chi connectivity index (χ0n) is 15.5. The number of rotatable bonds is 7. The number of nitrogens with one attached hydrogen (secondary N) is 1. The monoisotopic (exact) mass is 394 g/mol. The summed E-state index contributed by atoms with van der Waals surface area (Å²) in [6.07, 6.45) is 2.39. The van der Waals surface area contributed by atoms with Crippen molar-refractivity contribution in [2.24, 2.45) is 0 Å². The second-order valence-electron chi connectivity index (χ2n) is 6.65. The average molecular weight is 395 g/mol. The standard InChI is InChI=1S/C20H22N6OS/c27-19(21-17-10-4-5-11-18(17)25-12-6-7-13-25)15-28-20-22-23-24-26(20)14-16-8-2-1-3-9-16/h1-5,8-11H,6-7,12-15H2,(H,21,27). The van der Waals surface area contributed by atoms with E-state index < -0.39 is 0 Å². The number of benzene rings is 2. The lowest BCUT2D eigenvalue weighted by molar-refractivity contribution is -0.113. The summed E-state index contributed by atoms with van der Waals surface area (Å²) in [6, 6.07) is 18.0. The summed E-state index contributed by atoms with van der Waals surface area (Å²) in [4.78, 5) is 14.8. The number of anilines is 2. The number of para-hydroxylation sites is 2. The van der Waals surface area contributed by atoms with Gasteiger partial charge in [-0.3, -0.25) is 4.79 Å². The molecule has 0 spiro atoms. The molecule has 3 aromatic rings. The Kier molecular flexibility index (Phi) is 5.86. The number of carbonyl (C=O) groups excluding carboxylic acids is 1. The lowest BCUT2D eigenvalue weighted by Gasteiger charge is -2.21. The van der Waals surface area contributed by atoms with Gasteiger partial charge in [0, 0.05) is 13.1 Å². The molecular weight excluding hydrogens is 372 g/mol. The van der Waals surface area contributed by atoms with E-state index in [1.165, 1.54) is 24.6 Å². The number of tetrazole rings is 1. The maximum absolute atomic E-state index is 12.5. The van der Waals surface area contributed by atoms with E-state index in [0.717, 1.165) is 30.0 Å². The van der Waals surface area contributed by atoms with Crippen molar-refractivity contribution in [2.75, 3.05) is 29.1 Å². The summed E-state index contributed by atoms with van der Waals surface area (Å²) in [5.74, 6) is 0.189. The van der Waals surface area contributed by atoms with Gasteiger partial charge in [0.2, 0.25) is 11.1 Å². The van der Waals surface area contributed by atoms with Crippen molar-refractivity contribution >= 4 is 29.0 Å². The average Bonchev–Trinajstić information content (AvgIpc) is 3.40. The first-order chi connectivity index (χ1) is 13.8. The highest BCUT2D eigenvalue weighted by atomic mass is 32.2.